The van der Waals surface area contributed by atoms with Crippen LogP contribution in [0.5, 0.6) is 0 Å². The average Bonchev–Trinajstić information content (AvgIpc) is 2.89. The smallest absolute Gasteiger partial charge is 0.237 e. The number of aryl methyl sites for hydroxylation is 1. The SMILES string of the molecule is NC(CCc1ccccc1)C(=O)NCc1ccc(Cl)s1. The summed E-state index contributed by atoms with van der Waals surface area (Å²) < 4.78 is 0.725. The molecule has 1 heterocycles. The molecule has 0 saturated carbocycles. The van der Waals surface area contributed by atoms with Crippen LogP contribution < -0.4 is 11.1 Å². The van der Waals surface area contributed by atoms with Crippen molar-refractivity contribution in [2.75, 3.05) is 0 Å². The fourth-order valence-electron chi connectivity index (χ4n) is 1.85. The van der Waals surface area contributed by atoms with Crippen LogP contribution in [-0.2, 0) is 17.8 Å². The Morgan fingerprint density at radius 3 is 2.65 bits per heavy atom. The van der Waals surface area contributed by atoms with E-state index in [0.29, 0.717) is 13.0 Å². The number of hydrogen-bond donors (Lipinski definition) is 2. The maximum Gasteiger partial charge on any atom is 0.237 e. The van der Waals surface area contributed by atoms with E-state index in [4.69, 9.17) is 17.3 Å². The highest BCUT2D eigenvalue weighted by Crippen LogP contribution is 2.20. The van der Waals surface area contributed by atoms with Crippen LogP contribution in [0.15, 0.2) is 42.5 Å². The van der Waals surface area contributed by atoms with Crippen LogP contribution in [0.3, 0.4) is 0 Å². The van der Waals surface area contributed by atoms with E-state index in [9.17, 15) is 4.79 Å². The molecule has 106 valence electrons. The number of halogens is 1. The quantitative estimate of drug-likeness (QED) is 0.862. The van der Waals surface area contributed by atoms with Gasteiger partial charge in [-0.15, -0.1) is 11.3 Å². The maximum atomic E-state index is 11.9. The molecular weight excluding hydrogens is 292 g/mol. The second kappa shape index (κ2) is 7.43. The number of rotatable bonds is 6. The number of carbonyl (C=O) groups excluding carboxylic acids is 1. The van der Waals surface area contributed by atoms with Gasteiger partial charge in [0, 0.05) is 4.88 Å². The van der Waals surface area contributed by atoms with E-state index in [-0.39, 0.29) is 5.91 Å². The third kappa shape index (κ3) is 4.63. The highest BCUT2D eigenvalue weighted by molar-refractivity contribution is 7.16. The van der Waals surface area contributed by atoms with E-state index in [0.717, 1.165) is 15.6 Å². The van der Waals surface area contributed by atoms with Crippen molar-refractivity contribution < 1.29 is 4.79 Å². The lowest BCUT2D eigenvalue weighted by Crippen LogP contribution is -2.40. The van der Waals surface area contributed by atoms with Gasteiger partial charge >= 0.3 is 0 Å². The molecule has 1 aromatic heterocycles. The van der Waals surface area contributed by atoms with Gasteiger partial charge in [0.05, 0.1) is 16.9 Å². The summed E-state index contributed by atoms with van der Waals surface area (Å²) in [4.78, 5) is 12.9. The fourth-order valence-corrected chi connectivity index (χ4v) is 2.88. The Labute approximate surface area is 127 Å². The number of thiophene rings is 1. The lowest BCUT2D eigenvalue weighted by molar-refractivity contribution is -0.122. The van der Waals surface area contributed by atoms with Crippen molar-refractivity contribution in [3.8, 4) is 0 Å². The normalized spacial score (nSPS) is 12.1. The zero-order valence-electron chi connectivity index (χ0n) is 11.0. The molecule has 0 bridgehead atoms. The van der Waals surface area contributed by atoms with Gasteiger partial charge in [-0.2, -0.15) is 0 Å². The molecule has 2 aromatic rings. The summed E-state index contributed by atoms with van der Waals surface area (Å²) in [6.45, 7) is 0.481. The summed E-state index contributed by atoms with van der Waals surface area (Å²) in [5.41, 5.74) is 7.09. The monoisotopic (exact) mass is 308 g/mol. The van der Waals surface area contributed by atoms with E-state index in [1.165, 1.54) is 16.9 Å². The van der Waals surface area contributed by atoms with Gasteiger partial charge in [0.15, 0.2) is 0 Å². The standard InChI is InChI=1S/C15H17ClN2OS/c16-14-9-7-12(20-14)10-18-15(19)13(17)8-6-11-4-2-1-3-5-11/h1-5,7,9,13H,6,8,10,17H2,(H,18,19). The molecule has 5 heteroatoms. The molecule has 0 radical (unpaired) electrons. The van der Waals surface area contributed by atoms with Gasteiger partial charge in [0.25, 0.3) is 0 Å². The Morgan fingerprint density at radius 2 is 2.00 bits per heavy atom. The van der Waals surface area contributed by atoms with Crippen molar-refractivity contribution >= 4 is 28.8 Å². The van der Waals surface area contributed by atoms with Crippen molar-refractivity contribution in [1.29, 1.82) is 0 Å². The summed E-state index contributed by atoms with van der Waals surface area (Å²) >= 11 is 7.30. The minimum Gasteiger partial charge on any atom is -0.350 e. The van der Waals surface area contributed by atoms with Crippen LogP contribution in [0.1, 0.15) is 16.9 Å². The summed E-state index contributed by atoms with van der Waals surface area (Å²) in [7, 11) is 0. The summed E-state index contributed by atoms with van der Waals surface area (Å²) in [5, 5.41) is 2.84. The van der Waals surface area contributed by atoms with E-state index >= 15 is 0 Å². The van der Waals surface area contributed by atoms with Gasteiger partial charge in [-0.25, -0.2) is 0 Å². The third-order valence-electron chi connectivity index (χ3n) is 2.99. The van der Waals surface area contributed by atoms with E-state index in [1.54, 1.807) is 0 Å². The number of carbonyl (C=O) groups is 1. The molecule has 1 unspecified atom stereocenters. The first-order chi connectivity index (χ1) is 9.65. The third-order valence-corrected chi connectivity index (χ3v) is 4.22. The first kappa shape index (κ1) is 15.0. The van der Waals surface area contributed by atoms with Crippen LogP contribution in [0.25, 0.3) is 0 Å². The van der Waals surface area contributed by atoms with E-state index in [2.05, 4.69) is 5.32 Å². The zero-order chi connectivity index (χ0) is 14.4. The predicted octanol–water partition coefficient (Wildman–Crippen LogP) is 2.98. The number of hydrogen-bond acceptors (Lipinski definition) is 3. The van der Waals surface area contributed by atoms with Crippen molar-refractivity contribution in [3.63, 3.8) is 0 Å². The lowest BCUT2D eigenvalue weighted by Gasteiger charge is -2.11. The molecule has 2 rings (SSSR count). The highest BCUT2D eigenvalue weighted by atomic mass is 35.5. The molecule has 0 fully saturated rings. The molecule has 3 N–H and O–H groups in total. The summed E-state index contributed by atoms with van der Waals surface area (Å²) in [5.74, 6) is -0.120. The van der Waals surface area contributed by atoms with Crippen LogP contribution >= 0.6 is 22.9 Å². The second-order valence-corrected chi connectivity index (χ2v) is 6.35. The predicted molar refractivity (Wildman–Crippen MR) is 83.9 cm³/mol. The number of benzene rings is 1. The molecule has 0 saturated heterocycles. The number of nitrogens with two attached hydrogens (primary N) is 1. The van der Waals surface area contributed by atoms with Crippen LogP contribution in [0, 0.1) is 0 Å². The maximum absolute atomic E-state index is 11.9. The summed E-state index contributed by atoms with van der Waals surface area (Å²) in [6, 6.07) is 13.3. The first-order valence-corrected chi connectivity index (χ1v) is 7.66. The molecule has 3 nitrogen and oxygen atoms in total. The zero-order valence-corrected chi connectivity index (χ0v) is 12.6. The van der Waals surface area contributed by atoms with Crippen molar-refractivity contribution in [1.82, 2.24) is 5.32 Å². The highest BCUT2D eigenvalue weighted by Gasteiger charge is 2.13. The molecule has 0 aliphatic carbocycles. The van der Waals surface area contributed by atoms with Crippen LogP contribution in [-0.4, -0.2) is 11.9 Å². The largest absolute Gasteiger partial charge is 0.350 e. The van der Waals surface area contributed by atoms with Gasteiger partial charge in [-0.1, -0.05) is 41.9 Å². The number of amides is 1. The van der Waals surface area contributed by atoms with Gasteiger partial charge in [-0.05, 0) is 30.5 Å². The van der Waals surface area contributed by atoms with Gasteiger partial charge in [-0.3, -0.25) is 4.79 Å². The second-order valence-electron chi connectivity index (χ2n) is 4.55. The van der Waals surface area contributed by atoms with E-state index in [1.807, 2.05) is 42.5 Å². The van der Waals surface area contributed by atoms with Crippen molar-refractivity contribution in [2.45, 2.75) is 25.4 Å². The molecule has 0 aliphatic heterocycles. The number of nitrogens with one attached hydrogen (secondary N) is 1. The molecule has 1 atom stereocenters. The molecule has 0 spiro atoms. The minimum absolute atomic E-state index is 0.120. The van der Waals surface area contributed by atoms with Crippen molar-refractivity contribution in [3.05, 3.63) is 57.2 Å². The Balaban J connectivity index is 1.74. The molecule has 1 amide bonds. The average molecular weight is 309 g/mol. The Bertz CT molecular complexity index is 556. The molecule has 20 heavy (non-hydrogen) atoms. The Morgan fingerprint density at radius 1 is 1.25 bits per heavy atom. The van der Waals surface area contributed by atoms with Gasteiger partial charge < -0.3 is 11.1 Å². The molecule has 0 aliphatic rings. The van der Waals surface area contributed by atoms with Crippen molar-refractivity contribution in [2.24, 2.45) is 5.73 Å². The fraction of sp³-hybridized carbons (Fsp3) is 0.267. The van der Waals surface area contributed by atoms with Crippen LogP contribution in [0.2, 0.25) is 4.34 Å². The molecular formula is C15H17ClN2OS. The first-order valence-electron chi connectivity index (χ1n) is 6.46. The molecule has 1 aromatic carbocycles. The lowest BCUT2D eigenvalue weighted by atomic mass is 10.1. The van der Waals surface area contributed by atoms with Gasteiger partial charge in [0.2, 0.25) is 5.91 Å². The van der Waals surface area contributed by atoms with Crippen LogP contribution in [0.4, 0.5) is 0 Å². The topological polar surface area (TPSA) is 55.1 Å². The Hall–Kier alpha value is -1.36. The van der Waals surface area contributed by atoms with E-state index < -0.39 is 6.04 Å². The minimum atomic E-state index is -0.481. The Kier molecular flexibility index (Phi) is 5.59. The van der Waals surface area contributed by atoms with Gasteiger partial charge in [0.1, 0.15) is 0 Å². The summed E-state index contributed by atoms with van der Waals surface area (Å²) in [6.07, 6.45) is 1.45.